The van der Waals surface area contributed by atoms with E-state index >= 15 is 0 Å². The molecular weight excluding hydrogens is 351 g/mol. The summed E-state index contributed by atoms with van der Waals surface area (Å²) in [6.07, 6.45) is 4.04. The zero-order chi connectivity index (χ0) is 16.9. The minimum atomic E-state index is -0.262. The first kappa shape index (κ1) is 17.1. The maximum atomic E-state index is 12.9. The smallest absolute Gasteiger partial charge is 0.173 e. The van der Waals surface area contributed by atoms with E-state index in [1.807, 2.05) is 0 Å². The van der Waals surface area contributed by atoms with Crippen molar-refractivity contribution in [1.82, 2.24) is 15.1 Å². The number of thiocarbonyl (C=S) groups is 1. The summed E-state index contributed by atoms with van der Waals surface area (Å²) < 4.78 is 20.2. The van der Waals surface area contributed by atoms with Crippen molar-refractivity contribution in [2.24, 2.45) is 0 Å². The van der Waals surface area contributed by atoms with Gasteiger partial charge in [-0.15, -0.1) is 0 Å². The average molecular weight is 369 g/mol. The first-order chi connectivity index (χ1) is 11.6. The second-order valence-corrected chi connectivity index (χ2v) is 6.44. The maximum Gasteiger partial charge on any atom is 0.173 e. The van der Waals surface area contributed by atoms with Crippen LogP contribution >= 0.6 is 23.8 Å². The van der Waals surface area contributed by atoms with Crippen LogP contribution in [0.4, 0.5) is 10.2 Å². The Bertz CT molecular complexity index is 701. The quantitative estimate of drug-likeness (QED) is 0.794. The van der Waals surface area contributed by atoms with Gasteiger partial charge in [-0.2, -0.15) is 5.10 Å². The van der Waals surface area contributed by atoms with Gasteiger partial charge in [0, 0.05) is 19.3 Å². The Hall–Kier alpha value is -1.70. The van der Waals surface area contributed by atoms with Gasteiger partial charge in [0.15, 0.2) is 10.9 Å². The standard InChI is InChI=1S/C16H18ClFN4OS/c17-14-10-22(9-11-3-5-12(18)6-4-11)21-15(14)20-16(24)19-8-13-2-1-7-23-13/h3-6,10,13H,1-2,7-9H2,(H2,19,20,21,24). The third kappa shape index (κ3) is 4.66. The van der Waals surface area contributed by atoms with Crippen LogP contribution in [0, 0.1) is 5.82 Å². The summed E-state index contributed by atoms with van der Waals surface area (Å²) in [5.74, 6) is 0.228. The number of ether oxygens (including phenoxy) is 1. The minimum absolute atomic E-state index is 0.205. The van der Waals surface area contributed by atoms with Gasteiger partial charge in [0.2, 0.25) is 0 Å². The summed E-state index contributed by atoms with van der Waals surface area (Å²) >= 11 is 11.4. The largest absolute Gasteiger partial charge is 0.376 e. The van der Waals surface area contributed by atoms with Crippen LogP contribution in [0.1, 0.15) is 18.4 Å². The highest BCUT2D eigenvalue weighted by atomic mass is 35.5. The van der Waals surface area contributed by atoms with Crippen LogP contribution in [0.2, 0.25) is 5.02 Å². The van der Waals surface area contributed by atoms with Crippen molar-refractivity contribution in [2.75, 3.05) is 18.5 Å². The van der Waals surface area contributed by atoms with Crippen molar-refractivity contribution >= 4 is 34.7 Å². The molecule has 0 saturated carbocycles. The van der Waals surface area contributed by atoms with Gasteiger partial charge in [-0.25, -0.2) is 4.39 Å². The predicted molar refractivity (Wildman–Crippen MR) is 95.9 cm³/mol. The number of nitrogens with zero attached hydrogens (tertiary/aromatic N) is 2. The van der Waals surface area contributed by atoms with Crippen LogP contribution in [0.3, 0.4) is 0 Å². The van der Waals surface area contributed by atoms with Crippen molar-refractivity contribution < 1.29 is 9.13 Å². The van der Waals surface area contributed by atoms with Crippen LogP contribution in [-0.2, 0) is 11.3 Å². The number of aromatic nitrogens is 2. The molecule has 1 unspecified atom stereocenters. The summed E-state index contributed by atoms with van der Waals surface area (Å²) in [7, 11) is 0. The molecule has 0 spiro atoms. The highest BCUT2D eigenvalue weighted by Gasteiger charge is 2.16. The first-order valence-corrected chi connectivity index (χ1v) is 8.52. The first-order valence-electron chi connectivity index (χ1n) is 7.74. The van der Waals surface area contributed by atoms with Gasteiger partial charge in [0.05, 0.1) is 12.6 Å². The van der Waals surface area contributed by atoms with Gasteiger partial charge in [-0.05, 0) is 42.8 Å². The molecular formula is C16H18ClFN4OS. The highest BCUT2D eigenvalue weighted by molar-refractivity contribution is 7.80. The van der Waals surface area contributed by atoms with Gasteiger partial charge in [-0.1, -0.05) is 23.7 Å². The van der Waals surface area contributed by atoms with Crippen molar-refractivity contribution in [3.63, 3.8) is 0 Å². The third-order valence-electron chi connectivity index (χ3n) is 3.72. The Labute approximate surface area is 150 Å². The lowest BCUT2D eigenvalue weighted by Crippen LogP contribution is -2.35. The van der Waals surface area contributed by atoms with Gasteiger partial charge >= 0.3 is 0 Å². The average Bonchev–Trinajstić information content (AvgIpc) is 3.18. The van der Waals surface area contributed by atoms with Crippen molar-refractivity contribution in [3.05, 3.63) is 46.9 Å². The molecule has 24 heavy (non-hydrogen) atoms. The van der Waals surface area contributed by atoms with E-state index in [9.17, 15) is 4.39 Å². The van der Waals surface area contributed by atoms with Crippen LogP contribution in [-0.4, -0.2) is 34.1 Å². The van der Waals surface area contributed by atoms with E-state index in [1.165, 1.54) is 12.1 Å². The van der Waals surface area contributed by atoms with Gasteiger partial charge in [-0.3, -0.25) is 4.68 Å². The molecule has 5 nitrogen and oxygen atoms in total. The second kappa shape index (κ2) is 7.92. The molecule has 128 valence electrons. The Kier molecular flexibility index (Phi) is 5.65. The van der Waals surface area contributed by atoms with Crippen molar-refractivity contribution in [1.29, 1.82) is 0 Å². The minimum Gasteiger partial charge on any atom is -0.376 e. The Morgan fingerprint density at radius 1 is 1.42 bits per heavy atom. The molecule has 8 heteroatoms. The van der Waals surface area contributed by atoms with Crippen LogP contribution < -0.4 is 10.6 Å². The van der Waals surface area contributed by atoms with E-state index < -0.39 is 0 Å². The van der Waals surface area contributed by atoms with E-state index in [0.717, 1.165) is 25.0 Å². The topological polar surface area (TPSA) is 51.1 Å². The molecule has 1 fully saturated rings. The molecule has 0 aliphatic carbocycles. The zero-order valence-corrected chi connectivity index (χ0v) is 14.5. The summed E-state index contributed by atoms with van der Waals surface area (Å²) in [6, 6.07) is 6.27. The fraction of sp³-hybridized carbons (Fsp3) is 0.375. The maximum absolute atomic E-state index is 12.9. The van der Waals surface area contributed by atoms with Crippen LogP contribution in [0.15, 0.2) is 30.5 Å². The number of nitrogens with one attached hydrogen (secondary N) is 2. The number of halogens is 2. The number of hydrogen-bond donors (Lipinski definition) is 2. The molecule has 1 aromatic heterocycles. The van der Waals surface area contributed by atoms with Gasteiger partial charge < -0.3 is 15.4 Å². The van der Waals surface area contributed by atoms with E-state index in [1.54, 1.807) is 23.0 Å². The summed E-state index contributed by atoms with van der Waals surface area (Å²) in [4.78, 5) is 0. The lowest BCUT2D eigenvalue weighted by molar-refractivity contribution is 0.114. The lowest BCUT2D eigenvalue weighted by atomic mass is 10.2. The molecule has 1 atom stereocenters. The number of hydrogen-bond acceptors (Lipinski definition) is 3. The Morgan fingerprint density at radius 2 is 2.21 bits per heavy atom. The lowest BCUT2D eigenvalue weighted by Gasteiger charge is -2.13. The molecule has 1 aromatic carbocycles. The SMILES string of the molecule is Fc1ccc(Cn2cc(Cl)c(NC(=S)NCC3CCCO3)n2)cc1. The third-order valence-corrected chi connectivity index (χ3v) is 4.24. The van der Waals surface area contributed by atoms with Crippen molar-refractivity contribution in [3.8, 4) is 0 Å². The van der Waals surface area contributed by atoms with Gasteiger partial charge in [0.25, 0.3) is 0 Å². The molecule has 1 saturated heterocycles. The number of rotatable bonds is 5. The number of benzene rings is 1. The molecule has 2 heterocycles. The molecule has 1 aliphatic rings. The monoisotopic (exact) mass is 368 g/mol. The molecule has 0 radical (unpaired) electrons. The summed E-state index contributed by atoms with van der Waals surface area (Å²) in [5.41, 5.74) is 0.932. The van der Waals surface area contributed by atoms with E-state index in [4.69, 9.17) is 28.6 Å². The zero-order valence-electron chi connectivity index (χ0n) is 13.0. The number of anilines is 1. The fourth-order valence-electron chi connectivity index (χ4n) is 2.50. The van der Waals surface area contributed by atoms with Crippen LogP contribution in [0.25, 0.3) is 0 Å². The molecule has 0 bridgehead atoms. The summed E-state index contributed by atoms with van der Waals surface area (Å²) in [5, 5.41) is 11.4. The predicted octanol–water partition coefficient (Wildman–Crippen LogP) is 3.19. The Morgan fingerprint density at radius 3 is 2.92 bits per heavy atom. The highest BCUT2D eigenvalue weighted by Crippen LogP contribution is 2.20. The summed E-state index contributed by atoms with van der Waals surface area (Å²) in [6.45, 7) is 1.98. The van der Waals surface area contributed by atoms with Crippen LogP contribution in [0.5, 0.6) is 0 Å². The molecule has 3 rings (SSSR count). The molecule has 2 aromatic rings. The molecule has 1 aliphatic heterocycles. The second-order valence-electron chi connectivity index (χ2n) is 5.62. The normalized spacial score (nSPS) is 17.0. The van der Waals surface area contributed by atoms with E-state index in [-0.39, 0.29) is 11.9 Å². The van der Waals surface area contributed by atoms with Crippen molar-refractivity contribution in [2.45, 2.75) is 25.5 Å². The Balaban J connectivity index is 1.55. The molecule has 0 amide bonds. The molecule has 2 N–H and O–H groups in total. The van der Waals surface area contributed by atoms with Gasteiger partial charge in [0.1, 0.15) is 10.8 Å². The van der Waals surface area contributed by atoms with E-state index in [0.29, 0.717) is 29.0 Å². The van der Waals surface area contributed by atoms with E-state index in [2.05, 4.69) is 15.7 Å². The fourth-order valence-corrected chi connectivity index (χ4v) is 2.88.